The molecule has 2 rings (SSSR count). The van der Waals surface area contributed by atoms with Gasteiger partial charge in [0.1, 0.15) is 6.61 Å². The molecular weight excluding hydrogens is 296 g/mol. The third-order valence-electron chi connectivity index (χ3n) is 3.44. The van der Waals surface area contributed by atoms with Gasteiger partial charge in [0.2, 0.25) is 0 Å². The number of hydrogen-bond acceptors (Lipinski definition) is 4. The van der Waals surface area contributed by atoms with E-state index in [-0.39, 0.29) is 25.5 Å². The number of carbonyl (C=O) groups is 2. The molecule has 0 aliphatic carbocycles. The van der Waals surface area contributed by atoms with Crippen molar-refractivity contribution in [3.63, 3.8) is 0 Å². The fourth-order valence-electron chi connectivity index (χ4n) is 2.29. The molecule has 0 spiro atoms. The fourth-order valence-corrected chi connectivity index (χ4v) is 2.29. The van der Waals surface area contributed by atoms with Crippen LogP contribution >= 0.6 is 0 Å². The van der Waals surface area contributed by atoms with Crippen LogP contribution in [0.1, 0.15) is 18.9 Å². The van der Waals surface area contributed by atoms with Gasteiger partial charge < -0.3 is 14.4 Å². The summed E-state index contributed by atoms with van der Waals surface area (Å²) in [6, 6.07) is 9.40. The summed E-state index contributed by atoms with van der Waals surface area (Å²) in [5, 5.41) is 0. The van der Waals surface area contributed by atoms with Crippen molar-refractivity contribution in [2.45, 2.75) is 20.0 Å². The topological polar surface area (TPSA) is 60.2 Å². The first-order chi connectivity index (χ1) is 11.2. The molecule has 0 bridgehead atoms. The number of nitrogens with zero attached hydrogens (tertiary/aromatic N) is 2. The number of carbonyl (C=O) groups excluding carboxylic acids is 2. The minimum Gasteiger partial charge on any atom is -0.471 e. The van der Waals surface area contributed by atoms with Crippen LogP contribution in [0.15, 0.2) is 41.6 Å². The summed E-state index contributed by atoms with van der Waals surface area (Å²) in [5.74, 6) is -0.628. The molecule has 0 aromatic heterocycles. The number of benzene rings is 1. The van der Waals surface area contributed by atoms with Gasteiger partial charge in [-0.1, -0.05) is 30.3 Å². The minimum atomic E-state index is -0.628. The second-order valence-electron chi connectivity index (χ2n) is 5.00. The van der Waals surface area contributed by atoms with E-state index in [9.17, 15) is 9.59 Å². The van der Waals surface area contributed by atoms with Crippen LogP contribution < -0.4 is 0 Å². The van der Waals surface area contributed by atoms with Gasteiger partial charge in [-0.25, -0.2) is 9.64 Å². The summed E-state index contributed by atoms with van der Waals surface area (Å²) in [4.78, 5) is 28.5. The van der Waals surface area contributed by atoms with Gasteiger partial charge in [-0.05, 0) is 24.5 Å². The zero-order valence-electron chi connectivity index (χ0n) is 12.9. The Balaban J connectivity index is 1.95. The molecular formula is C17H18N2O4. The summed E-state index contributed by atoms with van der Waals surface area (Å²) in [5.41, 5.74) is 1.50. The molecule has 6 nitrogen and oxygen atoms in total. The molecule has 0 atom stereocenters. The van der Waals surface area contributed by atoms with E-state index in [4.69, 9.17) is 16.0 Å². The first-order valence-electron chi connectivity index (χ1n) is 7.38. The highest BCUT2D eigenvalue weighted by Crippen LogP contribution is 2.22. The third-order valence-corrected chi connectivity index (χ3v) is 3.44. The number of hydrogen-bond donors (Lipinski definition) is 0. The van der Waals surface area contributed by atoms with Gasteiger partial charge in [0, 0.05) is 13.1 Å². The van der Waals surface area contributed by atoms with Gasteiger partial charge in [-0.3, -0.25) is 4.79 Å². The number of rotatable bonds is 4. The van der Waals surface area contributed by atoms with E-state index in [1.807, 2.05) is 30.3 Å². The zero-order chi connectivity index (χ0) is 16.7. The van der Waals surface area contributed by atoms with Crippen LogP contribution in [-0.2, 0) is 20.9 Å². The summed E-state index contributed by atoms with van der Waals surface area (Å²) in [6.45, 7) is 9.89. The Morgan fingerprint density at radius 2 is 2.00 bits per heavy atom. The molecule has 1 fully saturated rings. The second-order valence-corrected chi connectivity index (χ2v) is 5.00. The Labute approximate surface area is 135 Å². The normalized spacial score (nSPS) is 15.7. The quantitative estimate of drug-likeness (QED) is 0.487. The molecule has 0 N–H and O–H groups in total. The van der Waals surface area contributed by atoms with Gasteiger partial charge in [0.15, 0.2) is 0 Å². The lowest BCUT2D eigenvalue weighted by molar-refractivity contribution is -0.138. The van der Waals surface area contributed by atoms with E-state index >= 15 is 0 Å². The summed E-state index contributed by atoms with van der Waals surface area (Å²) >= 11 is 0. The van der Waals surface area contributed by atoms with Crippen molar-refractivity contribution in [2.24, 2.45) is 0 Å². The average molecular weight is 314 g/mol. The SMILES string of the molecule is [C-]#[N+]/C(C(=O)OCC)=C1\CCN(C(=O)OCc2ccccc2)C1. The van der Waals surface area contributed by atoms with Crippen molar-refractivity contribution in [1.82, 2.24) is 4.90 Å². The fraction of sp³-hybridized carbons (Fsp3) is 0.353. The molecule has 1 saturated heterocycles. The average Bonchev–Trinajstić information content (AvgIpc) is 3.04. The summed E-state index contributed by atoms with van der Waals surface area (Å²) in [7, 11) is 0. The maximum atomic E-state index is 12.1. The molecule has 1 amide bonds. The summed E-state index contributed by atoms with van der Waals surface area (Å²) < 4.78 is 10.1. The zero-order valence-corrected chi connectivity index (χ0v) is 12.9. The van der Waals surface area contributed by atoms with Crippen molar-refractivity contribution in [2.75, 3.05) is 19.7 Å². The van der Waals surface area contributed by atoms with Crippen molar-refractivity contribution >= 4 is 12.1 Å². The van der Waals surface area contributed by atoms with Crippen LogP contribution in [0.4, 0.5) is 4.79 Å². The van der Waals surface area contributed by atoms with Gasteiger partial charge in [-0.15, -0.1) is 0 Å². The molecule has 1 aliphatic rings. The molecule has 23 heavy (non-hydrogen) atoms. The predicted octanol–water partition coefficient (Wildman–Crippen LogP) is 2.77. The molecule has 0 radical (unpaired) electrons. The third kappa shape index (κ3) is 4.33. The van der Waals surface area contributed by atoms with E-state index in [0.717, 1.165) is 5.56 Å². The number of likely N-dealkylation sites (tertiary alicyclic amines) is 1. The Morgan fingerprint density at radius 1 is 1.26 bits per heavy atom. The van der Waals surface area contributed by atoms with E-state index in [0.29, 0.717) is 18.5 Å². The lowest BCUT2D eigenvalue weighted by Crippen LogP contribution is -2.28. The molecule has 1 heterocycles. The molecule has 1 aromatic carbocycles. The lowest BCUT2D eigenvalue weighted by Gasteiger charge is -2.15. The van der Waals surface area contributed by atoms with Gasteiger partial charge in [0.25, 0.3) is 5.70 Å². The maximum absolute atomic E-state index is 12.1. The first kappa shape index (κ1) is 16.6. The molecule has 6 heteroatoms. The highest BCUT2D eigenvalue weighted by atomic mass is 16.6. The van der Waals surface area contributed by atoms with Crippen LogP contribution in [0.25, 0.3) is 4.85 Å². The van der Waals surface area contributed by atoms with Crippen molar-refractivity contribution in [1.29, 1.82) is 0 Å². The van der Waals surface area contributed by atoms with Gasteiger partial charge in [-0.2, -0.15) is 0 Å². The number of amides is 1. The second kappa shape index (κ2) is 7.99. The van der Waals surface area contributed by atoms with Crippen LogP contribution in [0.3, 0.4) is 0 Å². The number of esters is 1. The van der Waals surface area contributed by atoms with Crippen LogP contribution in [0.5, 0.6) is 0 Å². The molecule has 120 valence electrons. The minimum absolute atomic E-state index is 0.0230. The molecule has 0 saturated carbocycles. The Hall–Kier alpha value is -2.81. The Morgan fingerprint density at radius 3 is 2.65 bits per heavy atom. The van der Waals surface area contributed by atoms with Crippen LogP contribution in [-0.4, -0.2) is 36.7 Å². The molecule has 0 unspecified atom stereocenters. The van der Waals surface area contributed by atoms with Crippen LogP contribution in [0, 0.1) is 6.57 Å². The van der Waals surface area contributed by atoms with Crippen molar-refractivity contribution in [3.8, 4) is 0 Å². The smallest absolute Gasteiger partial charge is 0.410 e. The van der Waals surface area contributed by atoms with E-state index < -0.39 is 12.1 Å². The highest BCUT2D eigenvalue weighted by Gasteiger charge is 2.28. The Bertz CT molecular complexity index is 646. The lowest BCUT2D eigenvalue weighted by atomic mass is 10.2. The monoisotopic (exact) mass is 314 g/mol. The first-order valence-corrected chi connectivity index (χ1v) is 7.38. The number of ether oxygens (including phenoxy) is 2. The standard InChI is InChI=1S/C17H18N2O4/c1-3-22-16(20)15(18-2)14-9-10-19(11-14)17(21)23-12-13-7-5-4-6-8-13/h4-8H,3,9-12H2,1H3/b15-14+. The highest BCUT2D eigenvalue weighted by molar-refractivity contribution is 5.91. The largest absolute Gasteiger partial charge is 0.471 e. The van der Waals surface area contributed by atoms with E-state index in [2.05, 4.69) is 4.85 Å². The predicted molar refractivity (Wildman–Crippen MR) is 83.1 cm³/mol. The van der Waals surface area contributed by atoms with Crippen LogP contribution in [0.2, 0.25) is 0 Å². The van der Waals surface area contributed by atoms with Gasteiger partial charge in [0.05, 0.1) is 13.2 Å². The van der Waals surface area contributed by atoms with E-state index in [1.54, 1.807) is 6.92 Å². The van der Waals surface area contributed by atoms with Gasteiger partial charge >= 0.3 is 12.1 Å². The van der Waals surface area contributed by atoms with Crippen molar-refractivity contribution < 1.29 is 19.1 Å². The van der Waals surface area contributed by atoms with E-state index in [1.165, 1.54) is 4.90 Å². The maximum Gasteiger partial charge on any atom is 0.410 e. The molecule has 1 aromatic rings. The molecule has 1 aliphatic heterocycles. The van der Waals surface area contributed by atoms with Crippen molar-refractivity contribution in [3.05, 3.63) is 58.6 Å². The Kier molecular flexibility index (Phi) is 5.75. The summed E-state index contributed by atoms with van der Waals surface area (Å²) in [6.07, 6.45) is 0.0359.